The molecule has 0 aromatic heterocycles. The van der Waals surface area contributed by atoms with Crippen molar-refractivity contribution in [3.05, 3.63) is 65.7 Å². The molecule has 7 nitrogen and oxygen atoms in total. The molecule has 0 radical (unpaired) electrons. The fraction of sp³-hybridized carbons (Fsp3) is 0.462. The van der Waals surface area contributed by atoms with Gasteiger partial charge in [-0.2, -0.15) is 0 Å². The number of hydrogen-bond acceptors (Lipinski definition) is 5. The lowest BCUT2D eigenvalue weighted by molar-refractivity contribution is -0.241. The van der Waals surface area contributed by atoms with Crippen LogP contribution in [0.25, 0.3) is 0 Å². The predicted molar refractivity (Wildman–Crippen MR) is 118 cm³/mol. The number of nitrogens with one attached hydrogen (secondary N) is 1. The van der Waals surface area contributed by atoms with E-state index >= 15 is 0 Å². The number of para-hydroxylation sites is 1. The number of carbonyl (C=O) groups excluding carboxylic acids is 2. The summed E-state index contributed by atoms with van der Waals surface area (Å²) in [6.07, 6.45) is 0.000167. The van der Waals surface area contributed by atoms with E-state index in [1.165, 1.54) is 0 Å². The molecule has 6 bridgehead atoms. The van der Waals surface area contributed by atoms with Gasteiger partial charge in [0.15, 0.2) is 6.29 Å². The molecule has 1 N–H and O–H groups in total. The number of carbonyl (C=O) groups is 2. The maximum Gasteiger partial charge on any atom is 0.238 e. The Hall–Kier alpha value is -2.74. The van der Waals surface area contributed by atoms with E-state index in [1.807, 2.05) is 54.6 Å². The second-order valence-corrected chi connectivity index (χ2v) is 10.0. The Morgan fingerprint density at radius 1 is 1.06 bits per heavy atom. The number of rotatable bonds is 4. The SMILES string of the molecule is CN1C(=O)[C@]2(COCc3ccccc3)[C@@H]3C[C@H]4O[C@@H](C3)[C@@]3(C(=O)Nc5ccccc53)[C@@H]2[C@@H]1O4. The monoisotopic (exact) mass is 446 g/mol. The van der Waals surface area contributed by atoms with Crippen LogP contribution in [0.15, 0.2) is 54.6 Å². The first-order chi connectivity index (χ1) is 16.1. The number of fused-ring (bicyclic) bond motifs is 1. The number of nitrogens with zero attached hydrogens (tertiary/aromatic N) is 1. The molecule has 4 saturated heterocycles. The molecule has 1 saturated carbocycles. The van der Waals surface area contributed by atoms with E-state index in [4.69, 9.17) is 14.2 Å². The molecule has 8 rings (SSSR count). The van der Waals surface area contributed by atoms with Crippen molar-refractivity contribution in [1.29, 1.82) is 0 Å². The van der Waals surface area contributed by atoms with E-state index < -0.39 is 29.3 Å². The van der Waals surface area contributed by atoms with Crippen molar-refractivity contribution >= 4 is 17.5 Å². The molecule has 1 spiro atoms. The van der Waals surface area contributed by atoms with Crippen molar-refractivity contribution in [1.82, 2.24) is 4.90 Å². The van der Waals surface area contributed by atoms with Crippen LogP contribution in [-0.4, -0.2) is 49.0 Å². The zero-order valence-electron chi connectivity index (χ0n) is 18.4. The van der Waals surface area contributed by atoms with Gasteiger partial charge >= 0.3 is 0 Å². The predicted octanol–water partition coefficient (Wildman–Crippen LogP) is 2.66. The first-order valence-corrected chi connectivity index (χ1v) is 11.7. The number of amides is 2. The molecule has 1 aliphatic carbocycles. The second kappa shape index (κ2) is 6.65. The summed E-state index contributed by atoms with van der Waals surface area (Å²) < 4.78 is 19.1. The minimum absolute atomic E-state index is 0.0194. The standard InChI is InChI=1S/C26H26N2O5/c1-28-22-21-25(24(28)30,14-31-13-15-7-3-2-4-8-15)16-11-19(32-20(12-16)33-22)26(21)17-9-5-6-10-18(17)27-23(26)29/h2-10,16,19-22H,11-14H2,1H3,(H,27,29)/t16-,19-,20-,21+,22-,25+,26+/m0/s1. The average molecular weight is 447 g/mol. The molecule has 2 aromatic rings. The first-order valence-electron chi connectivity index (χ1n) is 11.7. The summed E-state index contributed by atoms with van der Waals surface area (Å²) in [7, 11) is 1.79. The Morgan fingerprint density at radius 3 is 2.70 bits per heavy atom. The molecule has 2 amide bonds. The van der Waals surface area contributed by atoms with E-state index in [2.05, 4.69) is 5.32 Å². The molecule has 6 aliphatic rings. The van der Waals surface area contributed by atoms with E-state index in [0.29, 0.717) is 19.4 Å². The van der Waals surface area contributed by atoms with Crippen LogP contribution in [-0.2, 0) is 35.8 Å². The first kappa shape index (κ1) is 19.7. The molecule has 5 heterocycles. The smallest absolute Gasteiger partial charge is 0.238 e. The van der Waals surface area contributed by atoms with Gasteiger partial charge in [-0.25, -0.2) is 0 Å². The number of ether oxygens (including phenoxy) is 3. The van der Waals surface area contributed by atoms with Crippen molar-refractivity contribution in [3.8, 4) is 0 Å². The van der Waals surface area contributed by atoms with Gasteiger partial charge in [0, 0.05) is 25.1 Å². The van der Waals surface area contributed by atoms with E-state index in [-0.39, 0.29) is 30.4 Å². The summed E-state index contributed by atoms with van der Waals surface area (Å²) in [4.78, 5) is 29.5. The Balaban J connectivity index is 1.38. The van der Waals surface area contributed by atoms with Crippen molar-refractivity contribution < 1.29 is 23.8 Å². The molecule has 2 aromatic carbocycles. The van der Waals surface area contributed by atoms with Crippen molar-refractivity contribution in [3.63, 3.8) is 0 Å². The molecule has 33 heavy (non-hydrogen) atoms. The van der Waals surface area contributed by atoms with Gasteiger partial charge in [-0.1, -0.05) is 48.5 Å². The van der Waals surface area contributed by atoms with Crippen LogP contribution in [0, 0.1) is 17.3 Å². The fourth-order valence-electron chi connectivity index (χ4n) is 7.43. The largest absolute Gasteiger partial charge is 0.376 e. The molecule has 7 heteroatoms. The fourth-order valence-corrected chi connectivity index (χ4v) is 7.43. The second-order valence-electron chi connectivity index (χ2n) is 10.0. The zero-order chi connectivity index (χ0) is 22.4. The van der Waals surface area contributed by atoms with Crippen LogP contribution >= 0.6 is 0 Å². The van der Waals surface area contributed by atoms with Crippen LogP contribution < -0.4 is 5.32 Å². The van der Waals surface area contributed by atoms with Gasteiger partial charge in [-0.3, -0.25) is 9.59 Å². The highest BCUT2D eigenvalue weighted by Gasteiger charge is 2.80. The number of anilines is 1. The van der Waals surface area contributed by atoms with E-state index in [0.717, 1.165) is 16.8 Å². The summed E-state index contributed by atoms with van der Waals surface area (Å²) >= 11 is 0. The Kier molecular flexibility index (Phi) is 3.97. The quantitative estimate of drug-likeness (QED) is 0.782. The third-order valence-electron chi connectivity index (χ3n) is 8.70. The van der Waals surface area contributed by atoms with Gasteiger partial charge in [-0.15, -0.1) is 0 Å². The molecule has 5 fully saturated rings. The third kappa shape index (κ3) is 2.30. The van der Waals surface area contributed by atoms with Crippen molar-refractivity contribution in [2.45, 2.75) is 43.5 Å². The Labute approximate surface area is 192 Å². The summed E-state index contributed by atoms with van der Waals surface area (Å²) in [5.74, 6) is -0.427. The number of benzene rings is 2. The van der Waals surface area contributed by atoms with Gasteiger partial charge < -0.3 is 24.4 Å². The lowest BCUT2D eigenvalue weighted by Crippen LogP contribution is -2.67. The highest BCUT2D eigenvalue weighted by Crippen LogP contribution is 2.68. The van der Waals surface area contributed by atoms with Gasteiger partial charge in [0.1, 0.15) is 11.6 Å². The van der Waals surface area contributed by atoms with Gasteiger partial charge in [-0.05, 0) is 29.5 Å². The Morgan fingerprint density at radius 2 is 1.85 bits per heavy atom. The molecule has 7 atom stereocenters. The normalized spacial score (nSPS) is 39.8. The zero-order valence-corrected chi connectivity index (χ0v) is 18.4. The molecular weight excluding hydrogens is 420 g/mol. The van der Waals surface area contributed by atoms with Crippen LogP contribution in [0.3, 0.4) is 0 Å². The average Bonchev–Trinajstić information content (AvgIpc) is 3.15. The minimum atomic E-state index is -0.983. The van der Waals surface area contributed by atoms with Crippen molar-refractivity contribution in [2.75, 3.05) is 19.0 Å². The summed E-state index contributed by atoms with van der Waals surface area (Å²) in [5.41, 5.74) is 0.953. The van der Waals surface area contributed by atoms with Crippen LogP contribution in [0.4, 0.5) is 5.69 Å². The lowest BCUT2D eigenvalue weighted by atomic mass is 9.48. The highest BCUT2D eigenvalue weighted by molar-refractivity contribution is 6.08. The number of likely N-dealkylation sites (tertiary alicyclic amines) is 1. The Bertz CT molecular complexity index is 1150. The number of hydrogen-bond donors (Lipinski definition) is 1. The van der Waals surface area contributed by atoms with Crippen LogP contribution in [0.5, 0.6) is 0 Å². The maximum absolute atomic E-state index is 14.0. The summed E-state index contributed by atoms with van der Waals surface area (Å²) in [6, 6.07) is 17.8. The molecule has 170 valence electrons. The summed E-state index contributed by atoms with van der Waals surface area (Å²) in [5, 5.41) is 3.10. The topological polar surface area (TPSA) is 77.1 Å². The summed E-state index contributed by atoms with van der Waals surface area (Å²) in [6.45, 7) is 0.681. The highest BCUT2D eigenvalue weighted by atomic mass is 16.7. The van der Waals surface area contributed by atoms with Gasteiger partial charge in [0.25, 0.3) is 0 Å². The van der Waals surface area contributed by atoms with Gasteiger partial charge in [0.2, 0.25) is 11.8 Å². The van der Waals surface area contributed by atoms with Crippen LogP contribution in [0.1, 0.15) is 24.0 Å². The lowest BCUT2D eigenvalue weighted by Gasteiger charge is -2.55. The molecule has 0 unspecified atom stereocenters. The molecular formula is C26H26N2O5. The van der Waals surface area contributed by atoms with Gasteiger partial charge in [0.05, 0.1) is 24.7 Å². The third-order valence-corrected chi connectivity index (χ3v) is 8.70. The van der Waals surface area contributed by atoms with E-state index in [1.54, 1.807) is 11.9 Å². The maximum atomic E-state index is 14.0. The van der Waals surface area contributed by atoms with Crippen LogP contribution in [0.2, 0.25) is 0 Å². The molecule has 5 aliphatic heterocycles. The van der Waals surface area contributed by atoms with Crippen molar-refractivity contribution in [2.24, 2.45) is 17.3 Å². The van der Waals surface area contributed by atoms with E-state index in [9.17, 15) is 9.59 Å². The minimum Gasteiger partial charge on any atom is -0.376 e.